The standard InChI is InChI=1S/C35H39FN6O3/c1-21-31(22(2)41-40-21)24-8-10-27(11-9-24)38-33(43)32(39-34(44)35(36)14-15-35)29-5-3-4-23-6-7-25(18-30(23)29)26-19-37-42(20-26)28-12-16-45-17-13-28/h6-11,18-20,28-29,32H,3-5,12-17H2,1-2H3,(H,38,43)(H,39,44)(H,40,41)/t29-,32?/m1/s1. The summed E-state index contributed by atoms with van der Waals surface area (Å²) < 4.78 is 22.5. The van der Waals surface area contributed by atoms with Crippen molar-refractivity contribution in [1.82, 2.24) is 25.3 Å². The molecule has 45 heavy (non-hydrogen) atoms. The Morgan fingerprint density at radius 2 is 1.80 bits per heavy atom. The monoisotopic (exact) mass is 610 g/mol. The Kier molecular flexibility index (Phi) is 7.77. The van der Waals surface area contributed by atoms with Crippen LogP contribution in [0.25, 0.3) is 22.3 Å². The molecule has 1 unspecified atom stereocenters. The number of anilines is 1. The molecule has 3 heterocycles. The second kappa shape index (κ2) is 11.9. The number of hydrogen-bond donors (Lipinski definition) is 3. The number of aromatic nitrogens is 4. The zero-order valence-electron chi connectivity index (χ0n) is 25.7. The number of aryl methyl sites for hydroxylation is 3. The molecule has 0 radical (unpaired) electrons. The third kappa shape index (κ3) is 5.91. The minimum Gasteiger partial charge on any atom is -0.381 e. The summed E-state index contributed by atoms with van der Waals surface area (Å²) in [5.74, 6) is -1.36. The number of ether oxygens (including phenoxy) is 1. The van der Waals surface area contributed by atoms with Gasteiger partial charge in [-0.15, -0.1) is 0 Å². The number of H-pyrrole nitrogens is 1. The van der Waals surface area contributed by atoms with Crippen LogP contribution in [0.15, 0.2) is 54.9 Å². The lowest BCUT2D eigenvalue weighted by Gasteiger charge is -2.33. The molecule has 10 heteroatoms. The third-order valence-corrected chi connectivity index (χ3v) is 9.64. The minimum atomic E-state index is -1.89. The number of benzene rings is 2. The van der Waals surface area contributed by atoms with E-state index in [0.29, 0.717) is 18.2 Å². The molecule has 234 valence electrons. The second-order valence-electron chi connectivity index (χ2n) is 12.8. The fraction of sp³-hybridized carbons (Fsp3) is 0.429. The smallest absolute Gasteiger partial charge is 0.258 e. The highest BCUT2D eigenvalue weighted by Gasteiger charge is 2.52. The first-order valence-electron chi connectivity index (χ1n) is 16.0. The molecule has 2 fully saturated rings. The van der Waals surface area contributed by atoms with Crippen LogP contribution >= 0.6 is 0 Å². The molecular formula is C35H39FN6O3. The van der Waals surface area contributed by atoms with Crippen LogP contribution in [-0.2, 0) is 20.7 Å². The Morgan fingerprint density at radius 1 is 1.04 bits per heavy atom. The van der Waals surface area contributed by atoms with E-state index in [1.54, 1.807) is 0 Å². The molecule has 2 aliphatic carbocycles. The lowest BCUT2D eigenvalue weighted by atomic mass is 9.77. The molecular weight excluding hydrogens is 571 g/mol. The summed E-state index contributed by atoms with van der Waals surface area (Å²) in [5, 5.41) is 17.8. The first-order valence-corrected chi connectivity index (χ1v) is 16.0. The van der Waals surface area contributed by atoms with Crippen molar-refractivity contribution < 1.29 is 18.7 Å². The van der Waals surface area contributed by atoms with Gasteiger partial charge in [-0.3, -0.25) is 19.4 Å². The number of carbonyl (C=O) groups excluding carboxylic acids is 2. The van der Waals surface area contributed by atoms with E-state index >= 15 is 0 Å². The van der Waals surface area contributed by atoms with Gasteiger partial charge in [0.2, 0.25) is 5.91 Å². The summed E-state index contributed by atoms with van der Waals surface area (Å²) in [7, 11) is 0. The number of halogens is 1. The van der Waals surface area contributed by atoms with Crippen molar-refractivity contribution in [3.63, 3.8) is 0 Å². The quantitative estimate of drug-likeness (QED) is 0.228. The largest absolute Gasteiger partial charge is 0.381 e. The van der Waals surface area contributed by atoms with Crippen LogP contribution in [0.5, 0.6) is 0 Å². The summed E-state index contributed by atoms with van der Waals surface area (Å²) in [6.45, 7) is 5.40. The van der Waals surface area contributed by atoms with Gasteiger partial charge in [-0.25, -0.2) is 4.39 Å². The molecule has 2 atom stereocenters. The number of hydrogen-bond acceptors (Lipinski definition) is 5. The summed E-state index contributed by atoms with van der Waals surface area (Å²) >= 11 is 0. The fourth-order valence-corrected chi connectivity index (χ4v) is 6.87. The molecule has 0 spiro atoms. The number of nitrogens with one attached hydrogen (secondary N) is 3. The van der Waals surface area contributed by atoms with Gasteiger partial charge >= 0.3 is 0 Å². The first kappa shape index (κ1) is 29.4. The van der Waals surface area contributed by atoms with Gasteiger partial charge in [-0.2, -0.15) is 10.2 Å². The number of rotatable bonds is 8. The number of aromatic amines is 1. The molecule has 7 rings (SSSR count). The van der Waals surface area contributed by atoms with Crippen molar-refractivity contribution in [2.75, 3.05) is 18.5 Å². The van der Waals surface area contributed by atoms with Crippen LogP contribution in [-0.4, -0.2) is 56.7 Å². The van der Waals surface area contributed by atoms with Crippen LogP contribution in [0.4, 0.5) is 10.1 Å². The van der Waals surface area contributed by atoms with Crippen molar-refractivity contribution >= 4 is 17.5 Å². The average molecular weight is 611 g/mol. The predicted molar refractivity (Wildman–Crippen MR) is 170 cm³/mol. The molecule has 1 saturated carbocycles. The zero-order chi connectivity index (χ0) is 31.1. The normalized spacial score (nSPS) is 19.8. The Balaban J connectivity index is 1.16. The number of fused-ring (bicyclic) bond motifs is 1. The summed E-state index contributed by atoms with van der Waals surface area (Å²) in [6.07, 6.45) is 8.67. The second-order valence-corrected chi connectivity index (χ2v) is 12.8. The molecule has 0 bridgehead atoms. The highest BCUT2D eigenvalue weighted by atomic mass is 19.1. The first-order chi connectivity index (χ1) is 21.8. The number of nitrogens with zero attached hydrogens (tertiary/aromatic N) is 3. The molecule has 4 aromatic rings. The van der Waals surface area contributed by atoms with Gasteiger partial charge in [0.05, 0.1) is 17.9 Å². The molecule has 9 nitrogen and oxygen atoms in total. The van der Waals surface area contributed by atoms with Gasteiger partial charge < -0.3 is 15.4 Å². The van der Waals surface area contributed by atoms with E-state index in [9.17, 15) is 14.0 Å². The van der Waals surface area contributed by atoms with E-state index in [1.165, 1.54) is 0 Å². The van der Waals surface area contributed by atoms with E-state index < -0.39 is 17.6 Å². The van der Waals surface area contributed by atoms with Crippen LogP contribution in [0, 0.1) is 13.8 Å². The van der Waals surface area contributed by atoms with Gasteiger partial charge in [-0.05, 0) is 93.2 Å². The van der Waals surface area contributed by atoms with E-state index in [0.717, 1.165) is 83.7 Å². The van der Waals surface area contributed by atoms with Crippen molar-refractivity contribution in [3.8, 4) is 22.3 Å². The van der Waals surface area contributed by atoms with E-state index in [1.807, 2.05) is 49.0 Å². The van der Waals surface area contributed by atoms with Crippen molar-refractivity contribution in [2.45, 2.75) is 82.5 Å². The lowest BCUT2D eigenvalue weighted by Crippen LogP contribution is -2.51. The Morgan fingerprint density at radius 3 is 2.51 bits per heavy atom. The maximum Gasteiger partial charge on any atom is 0.258 e. The maximum atomic E-state index is 14.9. The fourth-order valence-electron chi connectivity index (χ4n) is 6.87. The molecule has 2 aromatic heterocycles. The van der Waals surface area contributed by atoms with Crippen molar-refractivity contribution in [3.05, 3.63) is 77.4 Å². The molecule has 3 aliphatic rings. The van der Waals surface area contributed by atoms with Gasteiger partial charge in [-0.1, -0.05) is 30.3 Å². The SMILES string of the molecule is Cc1n[nH]c(C)c1-c1ccc(NC(=O)C(NC(=O)C2(F)CC2)[C@@H]2CCCc3ccc(-c4cnn(C5CCOCC5)c4)cc32)cc1. The maximum absolute atomic E-state index is 14.9. The highest BCUT2D eigenvalue weighted by Crippen LogP contribution is 2.42. The predicted octanol–water partition coefficient (Wildman–Crippen LogP) is 5.95. The lowest BCUT2D eigenvalue weighted by molar-refractivity contribution is -0.131. The molecule has 2 aromatic carbocycles. The Bertz CT molecular complexity index is 1700. The van der Waals surface area contributed by atoms with Crippen molar-refractivity contribution in [1.29, 1.82) is 0 Å². The number of carbonyl (C=O) groups is 2. The van der Waals surface area contributed by atoms with Crippen LogP contribution in [0.1, 0.15) is 73.0 Å². The summed E-state index contributed by atoms with van der Waals surface area (Å²) in [4.78, 5) is 27.0. The molecule has 3 N–H and O–H groups in total. The highest BCUT2D eigenvalue weighted by molar-refractivity contribution is 6.00. The van der Waals surface area contributed by atoms with Gasteiger partial charge in [0.25, 0.3) is 5.91 Å². The molecule has 1 saturated heterocycles. The van der Waals surface area contributed by atoms with E-state index in [4.69, 9.17) is 4.74 Å². The van der Waals surface area contributed by atoms with Crippen molar-refractivity contribution in [2.24, 2.45) is 0 Å². The zero-order valence-corrected chi connectivity index (χ0v) is 25.7. The third-order valence-electron chi connectivity index (χ3n) is 9.64. The van der Waals surface area contributed by atoms with E-state index in [-0.39, 0.29) is 24.7 Å². The molecule has 2 amide bonds. The molecule has 1 aliphatic heterocycles. The van der Waals surface area contributed by atoms with Gasteiger partial charge in [0, 0.05) is 47.8 Å². The number of alkyl halides is 1. The van der Waals surface area contributed by atoms with Crippen LogP contribution in [0.3, 0.4) is 0 Å². The number of amides is 2. The van der Waals surface area contributed by atoms with Crippen LogP contribution < -0.4 is 10.6 Å². The summed E-state index contributed by atoms with van der Waals surface area (Å²) in [6, 6.07) is 13.3. The summed E-state index contributed by atoms with van der Waals surface area (Å²) in [5.41, 5.74) is 6.78. The van der Waals surface area contributed by atoms with Gasteiger partial charge in [0.1, 0.15) is 6.04 Å². The topological polar surface area (TPSA) is 114 Å². The van der Waals surface area contributed by atoms with Crippen LogP contribution in [0.2, 0.25) is 0 Å². The van der Waals surface area contributed by atoms with Gasteiger partial charge in [0.15, 0.2) is 5.67 Å². The Labute approximate surface area is 261 Å². The van der Waals surface area contributed by atoms with E-state index in [2.05, 4.69) is 50.3 Å². The average Bonchev–Trinajstić information content (AvgIpc) is 3.46. The Hall–Kier alpha value is -4.31. The minimum absolute atomic E-state index is 0.185.